The maximum atomic E-state index is 13.2. The third-order valence-electron chi connectivity index (χ3n) is 6.08. The fraction of sp³-hybridized carbons (Fsp3) is 0.267. The summed E-state index contributed by atoms with van der Waals surface area (Å²) in [7, 11) is 3.09. The monoisotopic (exact) mass is 593 g/mol. The lowest BCUT2D eigenvalue weighted by molar-refractivity contribution is -0.113. The molecule has 2 N–H and O–H groups in total. The first-order valence-corrected chi connectivity index (χ1v) is 14.3. The van der Waals surface area contributed by atoms with Gasteiger partial charge < -0.3 is 24.8 Å². The van der Waals surface area contributed by atoms with Gasteiger partial charge >= 0.3 is 0 Å². The number of amides is 2. The SMILES string of the molecule is CCCCOc1ccc(C(=O)NCc2nnc(SCC(=O)Nc3ccc(F)cc3)n2-c2cc(OC)ccc2OC)cc1. The lowest BCUT2D eigenvalue weighted by Gasteiger charge is -2.15. The first kappa shape index (κ1) is 30.4. The molecule has 4 aromatic rings. The molecule has 0 spiro atoms. The van der Waals surface area contributed by atoms with Crippen LogP contribution in [0.15, 0.2) is 71.9 Å². The number of benzene rings is 3. The maximum absolute atomic E-state index is 13.2. The first-order chi connectivity index (χ1) is 20.4. The summed E-state index contributed by atoms with van der Waals surface area (Å²) < 4.78 is 31.6. The van der Waals surface area contributed by atoms with E-state index in [0.717, 1.165) is 24.6 Å². The van der Waals surface area contributed by atoms with Crippen molar-refractivity contribution in [3.05, 3.63) is 83.9 Å². The molecule has 0 atom stereocenters. The van der Waals surface area contributed by atoms with Crippen LogP contribution in [0.1, 0.15) is 35.9 Å². The van der Waals surface area contributed by atoms with Crippen LogP contribution in [0.3, 0.4) is 0 Å². The van der Waals surface area contributed by atoms with Crippen LogP contribution in [0.25, 0.3) is 5.69 Å². The Morgan fingerprint density at radius 3 is 2.38 bits per heavy atom. The van der Waals surface area contributed by atoms with Crippen LogP contribution in [0.5, 0.6) is 17.2 Å². The molecule has 0 aliphatic carbocycles. The summed E-state index contributed by atoms with van der Waals surface area (Å²) in [5.41, 5.74) is 1.51. The van der Waals surface area contributed by atoms with E-state index in [9.17, 15) is 14.0 Å². The number of methoxy groups -OCH3 is 2. The van der Waals surface area contributed by atoms with Gasteiger partial charge in [-0.1, -0.05) is 25.1 Å². The summed E-state index contributed by atoms with van der Waals surface area (Å²) in [4.78, 5) is 25.6. The van der Waals surface area contributed by atoms with Crippen molar-refractivity contribution < 1.29 is 28.2 Å². The second-order valence-corrected chi connectivity index (χ2v) is 9.97. The number of carbonyl (C=O) groups excluding carboxylic acids is 2. The van der Waals surface area contributed by atoms with Crippen LogP contribution in [0, 0.1) is 5.82 Å². The Labute approximate surface area is 247 Å². The Balaban J connectivity index is 1.52. The lowest BCUT2D eigenvalue weighted by Crippen LogP contribution is -2.24. The van der Waals surface area contributed by atoms with Gasteiger partial charge in [-0.3, -0.25) is 14.2 Å². The molecule has 0 bridgehead atoms. The largest absolute Gasteiger partial charge is 0.497 e. The molecular formula is C30H32FN5O5S. The van der Waals surface area contributed by atoms with Crippen LogP contribution < -0.4 is 24.8 Å². The predicted molar refractivity (Wildman–Crippen MR) is 158 cm³/mol. The van der Waals surface area contributed by atoms with E-state index in [4.69, 9.17) is 14.2 Å². The number of ether oxygens (including phenoxy) is 3. The van der Waals surface area contributed by atoms with E-state index < -0.39 is 5.82 Å². The van der Waals surface area contributed by atoms with Crippen molar-refractivity contribution in [1.29, 1.82) is 0 Å². The Kier molecular flexibility index (Phi) is 10.8. The van der Waals surface area contributed by atoms with Gasteiger partial charge in [0.1, 0.15) is 23.1 Å². The average molecular weight is 594 g/mol. The van der Waals surface area contributed by atoms with Crippen molar-refractivity contribution in [1.82, 2.24) is 20.1 Å². The minimum absolute atomic E-state index is 0.000822. The Morgan fingerprint density at radius 1 is 0.952 bits per heavy atom. The third-order valence-corrected chi connectivity index (χ3v) is 7.01. The van der Waals surface area contributed by atoms with Crippen molar-refractivity contribution in [2.24, 2.45) is 0 Å². The molecule has 42 heavy (non-hydrogen) atoms. The highest BCUT2D eigenvalue weighted by Gasteiger charge is 2.20. The van der Waals surface area contributed by atoms with Crippen molar-refractivity contribution >= 4 is 29.3 Å². The van der Waals surface area contributed by atoms with E-state index >= 15 is 0 Å². The molecule has 0 radical (unpaired) electrons. The normalized spacial score (nSPS) is 10.7. The van der Waals surface area contributed by atoms with Gasteiger partial charge in [0, 0.05) is 17.3 Å². The van der Waals surface area contributed by atoms with Crippen molar-refractivity contribution in [2.45, 2.75) is 31.5 Å². The molecule has 0 aliphatic rings. The molecule has 220 valence electrons. The fourth-order valence-corrected chi connectivity index (χ4v) is 4.64. The topological polar surface area (TPSA) is 117 Å². The molecule has 10 nitrogen and oxygen atoms in total. The molecule has 12 heteroatoms. The number of halogens is 1. The fourth-order valence-electron chi connectivity index (χ4n) is 3.88. The number of nitrogens with one attached hydrogen (secondary N) is 2. The summed E-state index contributed by atoms with van der Waals surface area (Å²) in [6, 6.07) is 17.7. The standard InChI is InChI=1S/C30H32FN5O5S/c1-4-5-16-41-23-12-6-20(7-13-23)29(38)32-18-27-34-35-30(36(27)25-17-24(39-2)14-15-26(25)40-3)42-19-28(37)33-22-10-8-21(31)9-11-22/h6-15,17H,4-5,16,18-19H2,1-3H3,(H,32,38)(H,33,37). The molecule has 0 saturated carbocycles. The van der Waals surface area contributed by atoms with Crippen LogP contribution >= 0.6 is 11.8 Å². The summed E-state index contributed by atoms with van der Waals surface area (Å²) in [6.45, 7) is 2.76. The zero-order valence-electron chi connectivity index (χ0n) is 23.6. The molecule has 0 saturated heterocycles. The quantitative estimate of drug-likeness (QED) is 0.150. The molecule has 0 aliphatic heterocycles. The molecule has 1 heterocycles. The Bertz CT molecular complexity index is 1500. The van der Waals surface area contributed by atoms with Gasteiger partial charge in [0.2, 0.25) is 5.91 Å². The summed E-state index contributed by atoms with van der Waals surface area (Å²) in [5, 5.41) is 14.6. The number of hydrogen-bond donors (Lipinski definition) is 2. The van der Waals surface area contributed by atoms with E-state index in [0.29, 0.717) is 51.8 Å². The van der Waals surface area contributed by atoms with E-state index in [1.165, 1.54) is 31.4 Å². The number of aromatic nitrogens is 3. The highest BCUT2D eigenvalue weighted by Crippen LogP contribution is 2.32. The summed E-state index contributed by atoms with van der Waals surface area (Å²) in [5.74, 6) is 1.20. The lowest BCUT2D eigenvalue weighted by atomic mass is 10.2. The van der Waals surface area contributed by atoms with Crippen LogP contribution in [-0.2, 0) is 11.3 Å². The molecular weight excluding hydrogens is 561 g/mol. The average Bonchev–Trinajstić information content (AvgIpc) is 3.42. The van der Waals surface area contributed by atoms with Gasteiger partial charge in [0.05, 0.1) is 38.8 Å². The third kappa shape index (κ3) is 8.00. The second-order valence-electron chi connectivity index (χ2n) is 9.02. The number of hydrogen-bond acceptors (Lipinski definition) is 8. The molecule has 2 amide bonds. The van der Waals surface area contributed by atoms with Crippen molar-refractivity contribution in [2.75, 3.05) is 31.9 Å². The van der Waals surface area contributed by atoms with Crippen LogP contribution in [0.2, 0.25) is 0 Å². The summed E-state index contributed by atoms with van der Waals surface area (Å²) >= 11 is 1.15. The van der Waals surface area contributed by atoms with Crippen molar-refractivity contribution in [3.8, 4) is 22.9 Å². The van der Waals surface area contributed by atoms with Gasteiger partial charge in [-0.15, -0.1) is 10.2 Å². The van der Waals surface area contributed by atoms with Gasteiger partial charge in [0.15, 0.2) is 11.0 Å². The van der Waals surface area contributed by atoms with E-state index in [2.05, 4.69) is 27.8 Å². The number of rotatable bonds is 14. The highest BCUT2D eigenvalue weighted by molar-refractivity contribution is 7.99. The smallest absolute Gasteiger partial charge is 0.251 e. The van der Waals surface area contributed by atoms with E-state index in [1.54, 1.807) is 54.1 Å². The molecule has 1 aromatic heterocycles. The van der Waals surface area contributed by atoms with Gasteiger partial charge in [0.25, 0.3) is 5.91 Å². The van der Waals surface area contributed by atoms with Crippen LogP contribution in [-0.4, -0.2) is 53.2 Å². The zero-order valence-corrected chi connectivity index (χ0v) is 24.4. The number of carbonyl (C=O) groups is 2. The minimum Gasteiger partial charge on any atom is -0.497 e. The first-order valence-electron chi connectivity index (χ1n) is 13.3. The summed E-state index contributed by atoms with van der Waals surface area (Å²) in [6.07, 6.45) is 2.00. The molecule has 3 aromatic carbocycles. The Morgan fingerprint density at radius 2 is 1.69 bits per heavy atom. The molecule has 4 rings (SSSR count). The van der Waals surface area contributed by atoms with Crippen LogP contribution in [0.4, 0.5) is 10.1 Å². The number of anilines is 1. The molecule has 0 fully saturated rings. The van der Waals surface area contributed by atoms with E-state index in [-0.39, 0.29) is 24.1 Å². The minimum atomic E-state index is -0.393. The predicted octanol–water partition coefficient (Wildman–Crippen LogP) is 5.26. The van der Waals surface area contributed by atoms with Gasteiger partial charge in [-0.25, -0.2) is 4.39 Å². The number of thioether (sulfide) groups is 1. The number of unbranched alkanes of at least 4 members (excludes halogenated alkanes) is 1. The van der Waals surface area contributed by atoms with Gasteiger partial charge in [-0.2, -0.15) is 0 Å². The Hall–Kier alpha value is -4.58. The highest BCUT2D eigenvalue weighted by atomic mass is 32.2. The zero-order chi connectivity index (χ0) is 29.9. The molecule has 0 unspecified atom stereocenters. The van der Waals surface area contributed by atoms with Crippen molar-refractivity contribution in [3.63, 3.8) is 0 Å². The van der Waals surface area contributed by atoms with E-state index in [1.807, 2.05) is 0 Å². The second kappa shape index (κ2) is 14.9. The maximum Gasteiger partial charge on any atom is 0.251 e. The number of nitrogens with zero attached hydrogens (tertiary/aromatic N) is 3. The van der Waals surface area contributed by atoms with Gasteiger partial charge in [-0.05, 0) is 67.1 Å².